The normalized spacial score (nSPS) is 14.7. The molecule has 0 aromatic carbocycles. The average molecular weight is 350 g/mol. The first-order valence-corrected chi connectivity index (χ1v) is 7.96. The van der Waals surface area contributed by atoms with Crippen LogP contribution in [0.3, 0.4) is 0 Å². The fourth-order valence-electron chi connectivity index (χ4n) is 1.47. The molecule has 0 fully saturated rings. The molecule has 0 saturated heterocycles. The predicted octanol–water partition coefficient (Wildman–Crippen LogP) is -1.97. The van der Waals surface area contributed by atoms with Gasteiger partial charge in [0.25, 0.3) is 0 Å². The van der Waals surface area contributed by atoms with E-state index in [2.05, 4.69) is 17.4 Å². The fourth-order valence-corrected chi connectivity index (χ4v) is 1.75. The molecule has 134 valence electrons. The van der Waals surface area contributed by atoms with Crippen LogP contribution in [0.5, 0.6) is 0 Å². The van der Waals surface area contributed by atoms with Crippen molar-refractivity contribution < 1.29 is 23.9 Å². The van der Waals surface area contributed by atoms with Crippen molar-refractivity contribution in [3.63, 3.8) is 0 Å². The summed E-state index contributed by atoms with van der Waals surface area (Å²) in [5, 5.41) is 0. The van der Waals surface area contributed by atoms with Gasteiger partial charge in [0.1, 0.15) is 18.1 Å². The second kappa shape index (κ2) is 12.3. The maximum atomic E-state index is 11.6. The molecule has 3 atom stereocenters. The highest BCUT2D eigenvalue weighted by molar-refractivity contribution is 7.80. The summed E-state index contributed by atoms with van der Waals surface area (Å²) in [7, 11) is 0. The third-order valence-corrected chi connectivity index (χ3v) is 3.20. The first-order chi connectivity index (χ1) is 10.8. The zero-order chi connectivity index (χ0) is 17.8. The molecular weight excluding hydrogens is 324 g/mol. The highest BCUT2D eigenvalue weighted by atomic mass is 32.1. The molecule has 0 spiro atoms. The van der Waals surface area contributed by atoms with E-state index in [0.29, 0.717) is 25.1 Å². The Balaban J connectivity index is 4.05. The van der Waals surface area contributed by atoms with Crippen LogP contribution in [0.25, 0.3) is 0 Å². The standard InChI is InChI=1S/C13H26N4O5S/c14-5-1-2-8(15)11(18)21-6-3-9(16)12(19)22-13(20)10(17)4-7-23/h8-10,23H,1-7,14-17H2/t8-,9+,10-/m1/s1. The number of ether oxygens (including phenoxy) is 2. The van der Waals surface area contributed by atoms with Crippen molar-refractivity contribution in [1.82, 2.24) is 0 Å². The van der Waals surface area contributed by atoms with Gasteiger partial charge in [-0.2, -0.15) is 12.6 Å². The molecule has 8 N–H and O–H groups in total. The van der Waals surface area contributed by atoms with Crippen molar-refractivity contribution in [2.24, 2.45) is 22.9 Å². The fraction of sp³-hybridized carbons (Fsp3) is 0.769. The van der Waals surface area contributed by atoms with Crippen molar-refractivity contribution in [2.75, 3.05) is 18.9 Å². The van der Waals surface area contributed by atoms with Gasteiger partial charge in [-0.25, -0.2) is 9.59 Å². The van der Waals surface area contributed by atoms with Crippen LogP contribution >= 0.6 is 12.6 Å². The quantitative estimate of drug-likeness (QED) is 0.161. The molecule has 0 bridgehead atoms. The zero-order valence-electron chi connectivity index (χ0n) is 13.0. The molecule has 10 heteroatoms. The van der Waals surface area contributed by atoms with E-state index in [1.165, 1.54) is 0 Å². The Kier molecular flexibility index (Phi) is 11.6. The van der Waals surface area contributed by atoms with E-state index in [-0.39, 0.29) is 19.4 Å². The number of esters is 3. The molecular formula is C13H26N4O5S. The van der Waals surface area contributed by atoms with Gasteiger partial charge >= 0.3 is 17.9 Å². The Labute approximate surface area is 140 Å². The Morgan fingerprint density at radius 3 is 1.91 bits per heavy atom. The van der Waals surface area contributed by atoms with Crippen LogP contribution in [0.1, 0.15) is 25.7 Å². The molecule has 0 aliphatic heterocycles. The molecule has 0 heterocycles. The molecule has 0 aliphatic carbocycles. The number of hydrogen-bond acceptors (Lipinski definition) is 10. The van der Waals surface area contributed by atoms with E-state index in [1.807, 2.05) is 0 Å². The highest BCUT2D eigenvalue weighted by Gasteiger charge is 2.23. The van der Waals surface area contributed by atoms with Gasteiger partial charge in [-0.15, -0.1) is 0 Å². The van der Waals surface area contributed by atoms with Gasteiger partial charge in [-0.05, 0) is 31.6 Å². The maximum absolute atomic E-state index is 11.6. The lowest BCUT2D eigenvalue weighted by Gasteiger charge is -2.14. The van der Waals surface area contributed by atoms with Crippen LogP contribution in [-0.4, -0.2) is 54.9 Å². The number of hydrogen-bond donors (Lipinski definition) is 5. The van der Waals surface area contributed by atoms with Gasteiger partial charge in [-0.1, -0.05) is 0 Å². The summed E-state index contributed by atoms with van der Waals surface area (Å²) in [6.45, 7) is 0.323. The average Bonchev–Trinajstić information content (AvgIpc) is 2.52. The van der Waals surface area contributed by atoms with Gasteiger partial charge in [0.2, 0.25) is 0 Å². The number of rotatable bonds is 11. The highest BCUT2D eigenvalue weighted by Crippen LogP contribution is 2.01. The van der Waals surface area contributed by atoms with Crippen LogP contribution in [-0.2, 0) is 23.9 Å². The summed E-state index contributed by atoms with van der Waals surface area (Å²) in [6, 6.07) is -2.79. The number of nitrogens with two attached hydrogens (primary N) is 4. The van der Waals surface area contributed by atoms with Crippen LogP contribution < -0.4 is 22.9 Å². The van der Waals surface area contributed by atoms with Gasteiger partial charge < -0.3 is 32.4 Å². The lowest BCUT2D eigenvalue weighted by Crippen LogP contribution is -2.40. The number of carbonyl (C=O) groups is 3. The van der Waals surface area contributed by atoms with E-state index >= 15 is 0 Å². The molecule has 0 aromatic heterocycles. The monoisotopic (exact) mass is 350 g/mol. The first-order valence-electron chi connectivity index (χ1n) is 7.33. The molecule has 9 nitrogen and oxygen atoms in total. The Morgan fingerprint density at radius 2 is 1.39 bits per heavy atom. The van der Waals surface area contributed by atoms with Gasteiger partial charge in [0, 0.05) is 6.42 Å². The molecule has 0 unspecified atom stereocenters. The first kappa shape index (κ1) is 21.8. The smallest absolute Gasteiger partial charge is 0.330 e. The molecule has 0 aromatic rings. The van der Waals surface area contributed by atoms with Crippen molar-refractivity contribution >= 4 is 30.5 Å². The van der Waals surface area contributed by atoms with Crippen molar-refractivity contribution in [1.29, 1.82) is 0 Å². The van der Waals surface area contributed by atoms with E-state index in [1.54, 1.807) is 0 Å². The van der Waals surface area contributed by atoms with Crippen LogP contribution in [0, 0.1) is 0 Å². The minimum Gasteiger partial charge on any atom is -0.464 e. The third kappa shape index (κ3) is 9.51. The van der Waals surface area contributed by atoms with Crippen LogP contribution in [0.15, 0.2) is 0 Å². The summed E-state index contributed by atoms with van der Waals surface area (Å²) in [4.78, 5) is 34.6. The summed E-state index contributed by atoms with van der Waals surface area (Å²) in [5.74, 6) is -1.99. The second-order valence-electron chi connectivity index (χ2n) is 4.96. The zero-order valence-corrected chi connectivity index (χ0v) is 13.9. The second-order valence-corrected chi connectivity index (χ2v) is 5.41. The van der Waals surface area contributed by atoms with Gasteiger partial charge in [0.15, 0.2) is 0 Å². The summed E-state index contributed by atoms with van der Waals surface area (Å²) in [6.07, 6.45) is 1.31. The van der Waals surface area contributed by atoms with Gasteiger partial charge in [0.05, 0.1) is 6.61 Å². The number of carbonyl (C=O) groups excluding carboxylic acids is 3. The number of thiol groups is 1. The topological polar surface area (TPSA) is 174 Å². The Hall–Kier alpha value is -1.20. The summed E-state index contributed by atoms with van der Waals surface area (Å²) in [5.41, 5.74) is 21.9. The third-order valence-electron chi connectivity index (χ3n) is 2.94. The predicted molar refractivity (Wildman–Crippen MR) is 87.4 cm³/mol. The van der Waals surface area contributed by atoms with Gasteiger partial charge in [-0.3, -0.25) is 4.79 Å². The Morgan fingerprint density at radius 1 is 0.870 bits per heavy atom. The van der Waals surface area contributed by atoms with Crippen molar-refractivity contribution in [2.45, 2.75) is 43.8 Å². The molecule has 0 amide bonds. The summed E-state index contributed by atoms with van der Waals surface area (Å²) < 4.78 is 9.44. The molecule has 0 rings (SSSR count). The van der Waals surface area contributed by atoms with E-state index in [4.69, 9.17) is 27.7 Å². The van der Waals surface area contributed by atoms with E-state index in [0.717, 1.165) is 0 Å². The molecule has 0 saturated carbocycles. The SMILES string of the molecule is NCCC[C@@H](N)C(=O)OCC[C@H](N)C(=O)OC(=O)[C@H](N)CCS. The maximum Gasteiger partial charge on any atom is 0.330 e. The van der Waals surface area contributed by atoms with Crippen LogP contribution in [0.2, 0.25) is 0 Å². The largest absolute Gasteiger partial charge is 0.464 e. The molecule has 0 aliphatic rings. The van der Waals surface area contributed by atoms with E-state index < -0.39 is 36.0 Å². The van der Waals surface area contributed by atoms with E-state index in [9.17, 15) is 14.4 Å². The minimum absolute atomic E-state index is 0.00324. The summed E-state index contributed by atoms with van der Waals surface area (Å²) >= 11 is 3.93. The van der Waals surface area contributed by atoms with Crippen LogP contribution in [0.4, 0.5) is 0 Å². The lowest BCUT2D eigenvalue weighted by atomic mass is 10.2. The minimum atomic E-state index is -1.10. The Bertz CT molecular complexity index is 397. The molecule has 23 heavy (non-hydrogen) atoms. The van der Waals surface area contributed by atoms with Crippen molar-refractivity contribution in [3.05, 3.63) is 0 Å². The van der Waals surface area contributed by atoms with Crippen molar-refractivity contribution in [3.8, 4) is 0 Å². The lowest BCUT2D eigenvalue weighted by molar-refractivity contribution is -0.162. The molecule has 0 radical (unpaired) electrons.